The van der Waals surface area contributed by atoms with Crippen LogP contribution in [0.2, 0.25) is 5.02 Å². The van der Waals surface area contributed by atoms with Crippen LogP contribution in [0.4, 0.5) is 5.69 Å². The van der Waals surface area contributed by atoms with Crippen LogP contribution in [0.1, 0.15) is 24.8 Å². The summed E-state index contributed by atoms with van der Waals surface area (Å²) in [6, 6.07) is 14.0. The lowest BCUT2D eigenvalue weighted by molar-refractivity contribution is -0.116. The number of carbonyl (C=O) groups excluding carboxylic acids is 1. The number of methoxy groups -OCH3 is 2. The van der Waals surface area contributed by atoms with E-state index in [0.29, 0.717) is 35.6 Å². The summed E-state index contributed by atoms with van der Waals surface area (Å²) < 4.78 is 16.3. The van der Waals surface area contributed by atoms with Crippen molar-refractivity contribution in [2.45, 2.75) is 31.8 Å². The van der Waals surface area contributed by atoms with Gasteiger partial charge in [0, 0.05) is 49.7 Å². The molecular weight excluding hydrogens is 466 g/mol. The van der Waals surface area contributed by atoms with Crippen LogP contribution in [-0.2, 0) is 16.1 Å². The van der Waals surface area contributed by atoms with E-state index in [9.17, 15) is 4.79 Å². The predicted octanol–water partition coefficient (Wildman–Crippen LogP) is 4.30. The highest BCUT2D eigenvalue weighted by Crippen LogP contribution is 2.31. The molecule has 2 aromatic rings. The SMILES string of the molecule is COc1ccc(OC)c(NC(=O)CC[C@H]2CN(Cc3ccc(Cl)cc3)CC[C@H]2N2CCOCC2)c1. The zero-order valence-corrected chi connectivity index (χ0v) is 21.4. The number of piperidine rings is 1. The summed E-state index contributed by atoms with van der Waals surface area (Å²) in [4.78, 5) is 18.0. The molecule has 190 valence electrons. The summed E-state index contributed by atoms with van der Waals surface area (Å²) in [6.07, 6.45) is 2.39. The van der Waals surface area contributed by atoms with Gasteiger partial charge >= 0.3 is 0 Å². The fourth-order valence-electron chi connectivity index (χ4n) is 5.20. The number of amides is 1. The Morgan fingerprint density at radius 3 is 2.57 bits per heavy atom. The molecule has 2 aromatic carbocycles. The molecule has 2 aliphatic heterocycles. The van der Waals surface area contributed by atoms with E-state index in [1.54, 1.807) is 26.4 Å². The van der Waals surface area contributed by atoms with Crippen LogP contribution in [0.5, 0.6) is 11.5 Å². The Bertz CT molecular complexity index is 965. The minimum Gasteiger partial charge on any atom is -0.497 e. The maximum Gasteiger partial charge on any atom is 0.224 e. The molecule has 1 amide bonds. The van der Waals surface area contributed by atoms with Crippen LogP contribution in [0, 0.1) is 5.92 Å². The smallest absolute Gasteiger partial charge is 0.224 e. The van der Waals surface area contributed by atoms with E-state index < -0.39 is 0 Å². The summed E-state index contributed by atoms with van der Waals surface area (Å²) in [5, 5.41) is 3.78. The van der Waals surface area contributed by atoms with E-state index in [1.165, 1.54) is 5.56 Å². The predicted molar refractivity (Wildman–Crippen MR) is 138 cm³/mol. The number of carbonyl (C=O) groups is 1. The van der Waals surface area contributed by atoms with Crippen molar-refractivity contribution in [3.63, 3.8) is 0 Å². The number of rotatable bonds is 9. The highest BCUT2D eigenvalue weighted by atomic mass is 35.5. The van der Waals surface area contributed by atoms with Gasteiger partial charge < -0.3 is 19.5 Å². The van der Waals surface area contributed by atoms with Crippen molar-refractivity contribution in [3.8, 4) is 11.5 Å². The van der Waals surface area contributed by atoms with Gasteiger partial charge in [0.2, 0.25) is 5.91 Å². The molecule has 2 heterocycles. The van der Waals surface area contributed by atoms with Crippen molar-refractivity contribution in [2.24, 2.45) is 5.92 Å². The zero-order chi connectivity index (χ0) is 24.6. The fourth-order valence-corrected chi connectivity index (χ4v) is 5.33. The minimum absolute atomic E-state index is 0.00731. The van der Waals surface area contributed by atoms with E-state index in [1.807, 2.05) is 18.2 Å². The molecule has 0 saturated carbocycles. The van der Waals surface area contributed by atoms with Crippen LogP contribution in [0.25, 0.3) is 0 Å². The second-order valence-electron chi connectivity index (χ2n) is 9.28. The largest absolute Gasteiger partial charge is 0.497 e. The molecule has 0 radical (unpaired) electrons. The Hall–Kier alpha value is -2.32. The number of morpholine rings is 1. The Labute approximate surface area is 213 Å². The van der Waals surface area contributed by atoms with Gasteiger partial charge in [0.1, 0.15) is 11.5 Å². The van der Waals surface area contributed by atoms with E-state index in [4.69, 9.17) is 25.8 Å². The lowest BCUT2D eigenvalue weighted by Crippen LogP contribution is -2.53. The van der Waals surface area contributed by atoms with Crippen LogP contribution in [-0.4, -0.2) is 75.4 Å². The van der Waals surface area contributed by atoms with Crippen molar-refractivity contribution in [1.82, 2.24) is 9.80 Å². The molecule has 0 aromatic heterocycles. The highest BCUT2D eigenvalue weighted by Gasteiger charge is 2.34. The number of nitrogens with zero attached hydrogens (tertiary/aromatic N) is 2. The van der Waals surface area contributed by atoms with Gasteiger partial charge in [-0.3, -0.25) is 14.6 Å². The van der Waals surface area contributed by atoms with Crippen molar-refractivity contribution < 1.29 is 19.0 Å². The highest BCUT2D eigenvalue weighted by molar-refractivity contribution is 6.30. The minimum atomic E-state index is -0.00731. The second kappa shape index (κ2) is 12.6. The second-order valence-corrected chi connectivity index (χ2v) is 9.72. The maximum atomic E-state index is 12.9. The number of ether oxygens (including phenoxy) is 3. The summed E-state index contributed by atoms with van der Waals surface area (Å²) in [6.45, 7) is 6.42. The van der Waals surface area contributed by atoms with E-state index in [-0.39, 0.29) is 5.91 Å². The summed E-state index contributed by atoms with van der Waals surface area (Å²) in [5.74, 6) is 1.70. The standard InChI is InChI=1S/C27H36ClN3O4/c1-33-23-8-9-26(34-2)24(17-23)29-27(32)10-5-21-19-30(18-20-3-6-22(28)7-4-20)12-11-25(21)31-13-15-35-16-14-31/h3-4,6-9,17,21,25H,5,10-16,18-19H2,1-2H3,(H,29,32)/t21-,25+/m0/s1. The first kappa shape index (κ1) is 25.8. The van der Waals surface area contributed by atoms with E-state index >= 15 is 0 Å². The zero-order valence-electron chi connectivity index (χ0n) is 20.7. The topological polar surface area (TPSA) is 63.3 Å². The number of anilines is 1. The molecule has 35 heavy (non-hydrogen) atoms. The molecule has 2 atom stereocenters. The fraction of sp³-hybridized carbons (Fsp3) is 0.519. The molecule has 0 bridgehead atoms. The van der Waals surface area contributed by atoms with Gasteiger partial charge in [-0.15, -0.1) is 0 Å². The molecular formula is C27H36ClN3O4. The Morgan fingerprint density at radius 1 is 1.09 bits per heavy atom. The van der Waals surface area contributed by atoms with Crippen LogP contribution in [0.3, 0.4) is 0 Å². The van der Waals surface area contributed by atoms with E-state index in [2.05, 4.69) is 27.2 Å². The van der Waals surface area contributed by atoms with Crippen molar-refractivity contribution in [3.05, 3.63) is 53.1 Å². The quantitative estimate of drug-likeness (QED) is 0.552. The van der Waals surface area contributed by atoms with Crippen LogP contribution < -0.4 is 14.8 Å². The molecule has 0 spiro atoms. The first-order valence-electron chi connectivity index (χ1n) is 12.4. The van der Waals surface area contributed by atoms with Gasteiger partial charge in [0.25, 0.3) is 0 Å². The van der Waals surface area contributed by atoms with Crippen LogP contribution >= 0.6 is 11.6 Å². The summed E-state index contributed by atoms with van der Waals surface area (Å²) in [5.41, 5.74) is 1.90. The van der Waals surface area contributed by atoms with Gasteiger partial charge in [0.15, 0.2) is 0 Å². The lowest BCUT2D eigenvalue weighted by Gasteiger charge is -2.45. The third kappa shape index (κ3) is 7.10. The molecule has 1 N–H and O–H groups in total. The third-order valence-corrected chi connectivity index (χ3v) is 7.29. The average molecular weight is 502 g/mol. The summed E-state index contributed by atoms with van der Waals surface area (Å²) in [7, 11) is 3.21. The van der Waals surface area contributed by atoms with E-state index in [0.717, 1.165) is 63.8 Å². The first-order chi connectivity index (χ1) is 17.1. The number of benzene rings is 2. The van der Waals surface area contributed by atoms with Crippen molar-refractivity contribution >= 4 is 23.2 Å². The number of hydrogen-bond donors (Lipinski definition) is 1. The number of likely N-dealkylation sites (tertiary alicyclic amines) is 1. The normalized spacial score (nSPS) is 21.5. The molecule has 2 saturated heterocycles. The Morgan fingerprint density at radius 2 is 1.86 bits per heavy atom. The molecule has 4 rings (SSSR count). The van der Waals surface area contributed by atoms with Gasteiger partial charge in [0.05, 0.1) is 33.1 Å². The number of nitrogens with one attached hydrogen (secondary N) is 1. The van der Waals surface area contributed by atoms with Gasteiger partial charge in [-0.2, -0.15) is 0 Å². The lowest BCUT2D eigenvalue weighted by atomic mass is 9.86. The molecule has 8 heteroatoms. The average Bonchev–Trinajstić information content (AvgIpc) is 2.89. The third-order valence-electron chi connectivity index (χ3n) is 7.04. The molecule has 2 fully saturated rings. The monoisotopic (exact) mass is 501 g/mol. The summed E-state index contributed by atoms with van der Waals surface area (Å²) >= 11 is 6.07. The first-order valence-corrected chi connectivity index (χ1v) is 12.7. The maximum absolute atomic E-state index is 12.9. The van der Waals surface area contributed by atoms with Crippen molar-refractivity contribution in [1.29, 1.82) is 0 Å². The molecule has 0 aliphatic carbocycles. The number of halogens is 1. The van der Waals surface area contributed by atoms with Gasteiger partial charge in [-0.05, 0) is 55.1 Å². The molecule has 0 unspecified atom stereocenters. The van der Waals surface area contributed by atoms with Crippen molar-refractivity contribution in [2.75, 3.05) is 58.9 Å². The molecule has 2 aliphatic rings. The Balaban J connectivity index is 1.40. The Kier molecular flexibility index (Phi) is 9.26. The molecule has 7 nitrogen and oxygen atoms in total. The van der Waals surface area contributed by atoms with Gasteiger partial charge in [-0.25, -0.2) is 0 Å². The van der Waals surface area contributed by atoms with Crippen LogP contribution in [0.15, 0.2) is 42.5 Å². The number of hydrogen-bond acceptors (Lipinski definition) is 6. The van der Waals surface area contributed by atoms with Gasteiger partial charge in [-0.1, -0.05) is 23.7 Å².